The molecule has 8 heteroatoms. The van der Waals surface area contributed by atoms with E-state index < -0.39 is 5.82 Å². The molecule has 1 atom stereocenters. The largest absolute Gasteiger partial charge is 0.490 e. The molecule has 1 aromatic heterocycles. The van der Waals surface area contributed by atoms with Crippen molar-refractivity contribution in [2.45, 2.75) is 31.8 Å². The predicted molar refractivity (Wildman–Crippen MR) is 134 cm³/mol. The lowest BCUT2D eigenvalue weighted by Gasteiger charge is -2.36. The van der Waals surface area contributed by atoms with Gasteiger partial charge in [0, 0.05) is 43.0 Å². The average molecular weight is 478 g/mol. The highest BCUT2D eigenvalue weighted by Gasteiger charge is 2.35. The number of amides is 1. The van der Waals surface area contributed by atoms with E-state index in [0.717, 1.165) is 13.1 Å². The van der Waals surface area contributed by atoms with E-state index in [1.54, 1.807) is 18.5 Å². The number of aromatic amines is 1. The number of H-pyrrole nitrogens is 1. The van der Waals surface area contributed by atoms with Gasteiger partial charge >= 0.3 is 0 Å². The molecule has 2 N–H and O–H groups in total. The molecule has 35 heavy (non-hydrogen) atoms. The molecule has 1 fully saturated rings. The van der Waals surface area contributed by atoms with Crippen LogP contribution < -0.4 is 10.1 Å². The number of ether oxygens (including phenoxy) is 1. The number of rotatable bonds is 9. The first kappa shape index (κ1) is 23.5. The van der Waals surface area contributed by atoms with Gasteiger partial charge in [0.15, 0.2) is 0 Å². The lowest BCUT2D eigenvalue weighted by atomic mass is 9.93. The molecule has 1 saturated carbocycles. The molecule has 0 bridgehead atoms. The number of carbonyl (C=O) groups excluding carboxylic acids is 1. The van der Waals surface area contributed by atoms with Crippen LogP contribution >= 0.6 is 0 Å². The van der Waals surface area contributed by atoms with E-state index in [9.17, 15) is 4.79 Å². The Labute approximate surface area is 205 Å². The second kappa shape index (κ2) is 10.2. The van der Waals surface area contributed by atoms with Crippen molar-refractivity contribution >= 4 is 11.6 Å². The number of nitrogens with zero attached hydrogens (tertiary/aromatic N) is 3. The highest BCUT2D eigenvalue weighted by atomic mass is 19.1. The maximum atomic E-state index is 15.1. The fourth-order valence-corrected chi connectivity index (χ4v) is 4.60. The number of hydrogen-bond acceptors (Lipinski definition) is 5. The third-order valence-corrected chi connectivity index (χ3v) is 6.77. The van der Waals surface area contributed by atoms with Gasteiger partial charge in [-0.05, 0) is 56.5 Å². The Morgan fingerprint density at radius 2 is 2.06 bits per heavy atom. The van der Waals surface area contributed by atoms with Crippen molar-refractivity contribution in [3.8, 4) is 16.9 Å². The molecule has 2 aliphatic rings. The van der Waals surface area contributed by atoms with Gasteiger partial charge in [0.25, 0.3) is 0 Å². The van der Waals surface area contributed by atoms with Gasteiger partial charge in [0.2, 0.25) is 5.91 Å². The number of carbonyl (C=O) groups is 1. The Hall–Kier alpha value is -3.23. The second-order valence-electron chi connectivity index (χ2n) is 9.82. The molecule has 1 amide bonds. The quantitative estimate of drug-likeness (QED) is 0.489. The fourth-order valence-electron chi connectivity index (χ4n) is 4.60. The number of nitrogens with one attached hydrogen (secondary N) is 2. The van der Waals surface area contributed by atoms with Crippen molar-refractivity contribution in [2.24, 2.45) is 5.92 Å². The van der Waals surface area contributed by atoms with E-state index >= 15 is 4.39 Å². The van der Waals surface area contributed by atoms with Crippen molar-refractivity contribution in [2.75, 3.05) is 39.1 Å². The third-order valence-electron chi connectivity index (χ3n) is 6.77. The number of likely N-dealkylation sites (N-methyl/N-ethyl adjacent to an activating group) is 1. The summed E-state index contributed by atoms with van der Waals surface area (Å²) in [6, 6.07) is 11.0. The number of benzene rings is 2. The molecule has 3 aromatic rings. The lowest BCUT2D eigenvalue weighted by Crippen LogP contribution is -2.48. The average Bonchev–Trinajstić information content (AvgIpc) is 3.48. The summed E-state index contributed by atoms with van der Waals surface area (Å²) < 4.78 is 21.1. The molecule has 0 unspecified atom stereocenters. The van der Waals surface area contributed by atoms with Crippen molar-refractivity contribution in [1.29, 1.82) is 0 Å². The van der Waals surface area contributed by atoms with Crippen LogP contribution in [-0.2, 0) is 17.8 Å². The van der Waals surface area contributed by atoms with E-state index in [-0.39, 0.29) is 11.9 Å². The normalized spacial score (nSPS) is 17.9. The van der Waals surface area contributed by atoms with Crippen LogP contribution in [0.2, 0.25) is 0 Å². The van der Waals surface area contributed by atoms with Gasteiger partial charge < -0.3 is 15.0 Å². The van der Waals surface area contributed by atoms with Crippen LogP contribution in [0.4, 0.5) is 10.1 Å². The van der Waals surface area contributed by atoms with Crippen LogP contribution in [0, 0.1) is 11.7 Å². The molecule has 0 radical (unpaired) electrons. The van der Waals surface area contributed by atoms with Gasteiger partial charge in [-0.15, -0.1) is 0 Å². The second-order valence-corrected chi connectivity index (χ2v) is 9.82. The van der Waals surface area contributed by atoms with Crippen molar-refractivity contribution < 1.29 is 13.9 Å². The molecular formula is C27H32FN5O2. The minimum atomic E-state index is -0.439. The van der Waals surface area contributed by atoms with Crippen LogP contribution in [-0.4, -0.2) is 65.7 Å². The van der Waals surface area contributed by atoms with E-state index in [2.05, 4.69) is 38.6 Å². The Bertz CT molecular complexity index is 1180. The van der Waals surface area contributed by atoms with Gasteiger partial charge in [-0.25, -0.2) is 4.39 Å². The summed E-state index contributed by atoms with van der Waals surface area (Å²) in [5, 5.41) is 9.65. The summed E-state index contributed by atoms with van der Waals surface area (Å²) in [6.45, 7) is 2.77. The Kier molecular flexibility index (Phi) is 6.83. The topological polar surface area (TPSA) is 73.5 Å². The van der Waals surface area contributed by atoms with Crippen molar-refractivity contribution in [3.63, 3.8) is 0 Å². The minimum absolute atomic E-state index is 0.131. The molecule has 2 aromatic carbocycles. The monoisotopic (exact) mass is 477 g/mol. The molecule has 1 aliphatic carbocycles. The Balaban J connectivity index is 1.41. The van der Waals surface area contributed by atoms with Gasteiger partial charge in [0.05, 0.1) is 17.9 Å². The zero-order valence-corrected chi connectivity index (χ0v) is 20.3. The van der Waals surface area contributed by atoms with Gasteiger partial charge in [0.1, 0.15) is 18.2 Å². The zero-order valence-electron chi connectivity index (χ0n) is 20.3. The predicted octanol–water partition coefficient (Wildman–Crippen LogP) is 3.93. The minimum Gasteiger partial charge on any atom is -0.490 e. The number of aromatic nitrogens is 2. The van der Waals surface area contributed by atoms with Crippen LogP contribution in [0.25, 0.3) is 11.1 Å². The number of anilines is 1. The molecule has 1 aliphatic heterocycles. The molecule has 0 spiro atoms. The van der Waals surface area contributed by atoms with Gasteiger partial charge in [-0.1, -0.05) is 24.3 Å². The highest BCUT2D eigenvalue weighted by Crippen LogP contribution is 2.36. The molecule has 184 valence electrons. The van der Waals surface area contributed by atoms with E-state index in [1.165, 1.54) is 30.0 Å². The maximum Gasteiger partial charge on any atom is 0.242 e. The first-order valence-electron chi connectivity index (χ1n) is 12.2. The third kappa shape index (κ3) is 5.55. The summed E-state index contributed by atoms with van der Waals surface area (Å²) in [4.78, 5) is 17.9. The maximum absolute atomic E-state index is 15.1. The molecule has 2 heterocycles. The number of halogens is 1. The first-order chi connectivity index (χ1) is 17.0. The van der Waals surface area contributed by atoms with Crippen LogP contribution in [0.5, 0.6) is 5.75 Å². The molecular weight excluding hydrogens is 445 g/mol. The van der Waals surface area contributed by atoms with E-state index in [1.807, 2.05) is 25.1 Å². The van der Waals surface area contributed by atoms with E-state index in [0.29, 0.717) is 48.1 Å². The van der Waals surface area contributed by atoms with Crippen LogP contribution in [0.1, 0.15) is 24.0 Å². The smallest absolute Gasteiger partial charge is 0.242 e. The Morgan fingerprint density at radius 3 is 2.77 bits per heavy atom. The summed E-state index contributed by atoms with van der Waals surface area (Å²) in [7, 11) is 3.92. The molecule has 7 nitrogen and oxygen atoms in total. The SMILES string of the molecule is CN(C)CCOc1cc(-c2cn[nH]c2)c(F)cc1NC(=O)[C@H]1Cc2ccccc2CN1CC1CC1. The zero-order chi connectivity index (χ0) is 24.4. The number of hydrogen-bond donors (Lipinski definition) is 2. The Morgan fingerprint density at radius 1 is 1.26 bits per heavy atom. The van der Waals surface area contributed by atoms with Crippen molar-refractivity contribution in [3.05, 3.63) is 65.7 Å². The van der Waals surface area contributed by atoms with E-state index in [4.69, 9.17) is 4.74 Å². The fraction of sp³-hybridized carbons (Fsp3) is 0.407. The number of fused-ring (bicyclic) bond motifs is 1. The summed E-state index contributed by atoms with van der Waals surface area (Å²) in [5.74, 6) is 0.536. The first-order valence-corrected chi connectivity index (χ1v) is 12.2. The van der Waals surface area contributed by atoms with Crippen LogP contribution in [0.15, 0.2) is 48.8 Å². The van der Waals surface area contributed by atoms with Gasteiger partial charge in [-0.3, -0.25) is 14.8 Å². The summed E-state index contributed by atoms with van der Waals surface area (Å²) in [6.07, 6.45) is 6.28. The molecule has 5 rings (SSSR count). The summed E-state index contributed by atoms with van der Waals surface area (Å²) >= 11 is 0. The van der Waals surface area contributed by atoms with Crippen LogP contribution in [0.3, 0.4) is 0 Å². The van der Waals surface area contributed by atoms with Crippen molar-refractivity contribution in [1.82, 2.24) is 20.0 Å². The molecule has 0 saturated heterocycles. The standard InChI is InChI=1S/C27H32FN5O2/c1-32(2)9-10-35-26-12-22(21-14-29-30-15-21)23(28)13-24(26)31-27(34)25-11-19-5-3-4-6-20(19)17-33(25)16-18-7-8-18/h3-6,12-15,18,25H,7-11,16-17H2,1-2H3,(H,29,30)(H,31,34)/t25-/m1/s1. The van der Waals surface area contributed by atoms with Gasteiger partial charge in [-0.2, -0.15) is 5.10 Å². The highest BCUT2D eigenvalue weighted by molar-refractivity contribution is 5.97. The summed E-state index contributed by atoms with van der Waals surface area (Å²) in [5.41, 5.74) is 3.82. The lowest BCUT2D eigenvalue weighted by molar-refractivity contribution is -0.122.